The molecule has 160 valence electrons. The molecule has 1 aliphatic heterocycles. The zero-order valence-corrected chi connectivity index (χ0v) is 18.1. The number of anilines is 2. The van der Waals surface area contributed by atoms with Crippen molar-refractivity contribution in [2.75, 3.05) is 35.5 Å². The molecule has 1 aliphatic rings. The van der Waals surface area contributed by atoms with Gasteiger partial charge in [-0.15, -0.1) is 0 Å². The third-order valence-corrected chi connectivity index (χ3v) is 6.27. The molecule has 0 saturated carbocycles. The Labute approximate surface area is 177 Å². The third-order valence-electron chi connectivity index (χ3n) is 5.15. The van der Waals surface area contributed by atoms with Crippen LogP contribution in [0.5, 0.6) is 0 Å². The van der Waals surface area contributed by atoms with Crippen molar-refractivity contribution in [2.45, 2.75) is 26.2 Å². The average molecular weight is 430 g/mol. The summed E-state index contributed by atoms with van der Waals surface area (Å²) in [5.74, 6) is -0.632. The van der Waals surface area contributed by atoms with Crippen LogP contribution in [-0.4, -0.2) is 51.0 Å². The quantitative estimate of drug-likeness (QED) is 0.765. The molecule has 0 radical (unpaired) electrons. The highest BCUT2D eigenvalue weighted by Gasteiger charge is 2.24. The lowest BCUT2D eigenvalue weighted by Gasteiger charge is -2.27. The van der Waals surface area contributed by atoms with Gasteiger partial charge in [0, 0.05) is 13.1 Å². The van der Waals surface area contributed by atoms with E-state index in [1.165, 1.54) is 0 Å². The number of carbonyl (C=O) groups excluding carboxylic acids is 2. The molecule has 0 bridgehead atoms. The second-order valence-corrected chi connectivity index (χ2v) is 9.41. The highest BCUT2D eigenvalue weighted by atomic mass is 32.2. The van der Waals surface area contributed by atoms with Crippen LogP contribution < -0.4 is 9.62 Å². The van der Waals surface area contributed by atoms with Crippen LogP contribution in [0.1, 0.15) is 35.2 Å². The molecule has 1 heterocycles. The number of rotatable bonds is 6. The zero-order chi connectivity index (χ0) is 21.7. The average Bonchev–Trinajstić information content (AvgIpc) is 2.72. The Morgan fingerprint density at radius 3 is 2.30 bits per heavy atom. The Bertz CT molecular complexity index is 1030. The number of nitrogens with one attached hydrogen (secondary N) is 1. The number of aryl methyl sites for hydroxylation is 1. The van der Waals surface area contributed by atoms with E-state index < -0.39 is 15.9 Å². The first-order valence-corrected chi connectivity index (χ1v) is 11.8. The molecule has 2 amide bonds. The normalized spacial score (nSPS) is 14.3. The van der Waals surface area contributed by atoms with Crippen molar-refractivity contribution >= 4 is 33.2 Å². The second kappa shape index (κ2) is 9.30. The lowest BCUT2D eigenvalue weighted by Crippen LogP contribution is -2.39. The van der Waals surface area contributed by atoms with Crippen molar-refractivity contribution in [3.05, 3.63) is 59.7 Å². The standard InChI is InChI=1S/C22H27N3O4S/c1-17-10-4-7-13-20(17)25(30(2,28)29)16-21(26)23-19-12-6-5-11-18(19)22(27)24-14-8-3-9-15-24/h4-7,10-13H,3,8-9,14-16H2,1-2H3,(H,23,26). The molecule has 0 aliphatic carbocycles. The van der Waals surface area contributed by atoms with Crippen LogP contribution >= 0.6 is 0 Å². The lowest BCUT2D eigenvalue weighted by atomic mass is 10.1. The van der Waals surface area contributed by atoms with E-state index >= 15 is 0 Å². The predicted octanol–water partition coefficient (Wildman–Crippen LogP) is 3.03. The number of amides is 2. The summed E-state index contributed by atoms with van der Waals surface area (Å²) in [6.07, 6.45) is 4.13. The molecule has 7 nitrogen and oxygen atoms in total. The first-order valence-electron chi connectivity index (χ1n) is 9.99. The fraction of sp³-hybridized carbons (Fsp3) is 0.364. The van der Waals surface area contributed by atoms with Gasteiger partial charge in [-0.05, 0) is 49.9 Å². The number of piperidine rings is 1. The predicted molar refractivity (Wildman–Crippen MR) is 118 cm³/mol. The second-order valence-electron chi connectivity index (χ2n) is 7.50. The molecule has 3 rings (SSSR count). The van der Waals surface area contributed by atoms with Gasteiger partial charge in [-0.25, -0.2) is 8.42 Å². The highest BCUT2D eigenvalue weighted by Crippen LogP contribution is 2.23. The first-order chi connectivity index (χ1) is 14.3. The molecule has 1 saturated heterocycles. The summed E-state index contributed by atoms with van der Waals surface area (Å²) >= 11 is 0. The van der Waals surface area contributed by atoms with Crippen molar-refractivity contribution in [2.24, 2.45) is 0 Å². The van der Waals surface area contributed by atoms with Gasteiger partial charge in [0.25, 0.3) is 5.91 Å². The molecule has 1 N–H and O–H groups in total. The Kier molecular flexibility index (Phi) is 6.77. The van der Waals surface area contributed by atoms with Crippen LogP contribution in [0.2, 0.25) is 0 Å². The van der Waals surface area contributed by atoms with E-state index in [9.17, 15) is 18.0 Å². The minimum atomic E-state index is -3.67. The number of para-hydroxylation sites is 2. The van der Waals surface area contributed by atoms with E-state index in [4.69, 9.17) is 0 Å². The number of nitrogens with zero attached hydrogens (tertiary/aromatic N) is 2. The molecule has 1 fully saturated rings. The molecule has 30 heavy (non-hydrogen) atoms. The van der Waals surface area contributed by atoms with E-state index in [0.29, 0.717) is 30.0 Å². The summed E-state index contributed by atoms with van der Waals surface area (Å²) in [6, 6.07) is 13.8. The smallest absolute Gasteiger partial charge is 0.255 e. The van der Waals surface area contributed by atoms with Gasteiger partial charge in [0.1, 0.15) is 6.54 Å². The van der Waals surface area contributed by atoms with Crippen molar-refractivity contribution in [1.82, 2.24) is 4.90 Å². The Hall–Kier alpha value is -2.87. The van der Waals surface area contributed by atoms with Gasteiger partial charge in [-0.1, -0.05) is 30.3 Å². The van der Waals surface area contributed by atoms with Gasteiger partial charge in [0.05, 0.1) is 23.2 Å². The minimum Gasteiger partial charge on any atom is -0.339 e. The SMILES string of the molecule is Cc1ccccc1N(CC(=O)Nc1ccccc1C(=O)N1CCCCC1)S(C)(=O)=O. The number of likely N-dealkylation sites (tertiary alicyclic amines) is 1. The van der Waals surface area contributed by atoms with Crippen LogP contribution in [0, 0.1) is 6.92 Å². The van der Waals surface area contributed by atoms with Gasteiger partial charge in [0.15, 0.2) is 0 Å². The Balaban J connectivity index is 1.80. The first kappa shape index (κ1) is 21.8. The van der Waals surface area contributed by atoms with E-state index in [0.717, 1.165) is 35.4 Å². The Morgan fingerprint density at radius 2 is 1.63 bits per heavy atom. The number of benzene rings is 2. The maximum absolute atomic E-state index is 12.9. The summed E-state index contributed by atoms with van der Waals surface area (Å²) in [5, 5.41) is 2.73. The van der Waals surface area contributed by atoms with E-state index in [2.05, 4.69) is 5.32 Å². The van der Waals surface area contributed by atoms with Gasteiger partial charge in [-0.3, -0.25) is 13.9 Å². The number of hydrogen-bond donors (Lipinski definition) is 1. The fourth-order valence-electron chi connectivity index (χ4n) is 3.59. The number of sulfonamides is 1. The van der Waals surface area contributed by atoms with Crippen LogP contribution in [0.3, 0.4) is 0 Å². The maximum atomic E-state index is 12.9. The van der Waals surface area contributed by atoms with Crippen LogP contribution in [0.4, 0.5) is 11.4 Å². The Morgan fingerprint density at radius 1 is 1.00 bits per heavy atom. The number of hydrogen-bond acceptors (Lipinski definition) is 4. The maximum Gasteiger partial charge on any atom is 0.255 e. The van der Waals surface area contributed by atoms with Crippen molar-refractivity contribution in [1.29, 1.82) is 0 Å². The molecular formula is C22H27N3O4S. The third kappa shape index (κ3) is 5.18. The molecular weight excluding hydrogens is 402 g/mol. The molecule has 0 spiro atoms. The van der Waals surface area contributed by atoms with Crippen LogP contribution in [0.15, 0.2) is 48.5 Å². The molecule has 0 unspecified atom stereocenters. The summed E-state index contributed by atoms with van der Waals surface area (Å²) in [7, 11) is -3.67. The summed E-state index contributed by atoms with van der Waals surface area (Å²) in [6.45, 7) is 2.82. The summed E-state index contributed by atoms with van der Waals surface area (Å²) in [5.41, 5.74) is 2.00. The monoisotopic (exact) mass is 429 g/mol. The van der Waals surface area contributed by atoms with Crippen LogP contribution in [-0.2, 0) is 14.8 Å². The fourth-order valence-corrected chi connectivity index (χ4v) is 4.50. The molecule has 0 atom stereocenters. The highest BCUT2D eigenvalue weighted by molar-refractivity contribution is 7.92. The van der Waals surface area contributed by atoms with Gasteiger partial charge in [0.2, 0.25) is 15.9 Å². The lowest BCUT2D eigenvalue weighted by molar-refractivity contribution is -0.114. The van der Waals surface area contributed by atoms with E-state index in [1.54, 1.807) is 54.3 Å². The molecule has 0 aromatic heterocycles. The largest absolute Gasteiger partial charge is 0.339 e. The molecule has 2 aromatic carbocycles. The number of carbonyl (C=O) groups is 2. The summed E-state index contributed by atoms with van der Waals surface area (Å²) < 4.78 is 25.8. The topological polar surface area (TPSA) is 86.8 Å². The van der Waals surface area contributed by atoms with Gasteiger partial charge in [-0.2, -0.15) is 0 Å². The molecule has 8 heteroatoms. The zero-order valence-electron chi connectivity index (χ0n) is 17.3. The summed E-state index contributed by atoms with van der Waals surface area (Å²) in [4.78, 5) is 27.5. The van der Waals surface area contributed by atoms with Crippen molar-refractivity contribution in [3.8, 4) is 0 Å². The van der Waals surface area contributed by atoms with Crippen LogP contribution in [0.25, 0.3) is 0 Å². The molecule has 2 aromatic rings. The van der Waals surface area contributed by atoms with E-state index in [-0.39, 0.29) is 12.5 Å². The van der Waals surface area contributed by atoms with Gasteiger partial charge < -0.3 is 10.2 Å². The van der Waals surface area contributed by atoms with E-state index in [1.807, 2.05) is 6.07 Å². The van der Waals surface area contributed by atoms with Gasteiger partial charge >= 0.3 is 0 Å². The van der Waals surface area contributed by atoms with Crippen molar-refractivity contribution < 1.29 is 18.0 Å². The minimum absolute atomic E-state index is 0.121. The van der Waals surface area contributed by atoms with Crippen molar-refractivity contribution in [3.63, 3.8) is 0 Å².